The molecule has 142 valence electrons. The van der Waals surface area contributed by atoms with Crippen molar-refractivity contribution in [2.45, 2.75) is 18.9 Å². The first-order valence-corrected chi connectivity index (χ1v) is 9.55. The molecule has 0 aromatic carbocycles. The van der Waals surface area contributed by atoms with Crippen LogP contribution in [0.5, 0.6) is 0 Å². The van der Waals surface area contributed by atoms with E-state index >= 15 is 0 Å². The lowest BCUT2D eigenvalue weighted by molar-refractivity contribution is 0.479. The average molecular weight is 374 g/mol. The first-order chi connectivity index (χ1) is 13.8. The van der Waals surface area contributed by atoms with Crippen molar-refractivity contribution in [3.05, 3.63) is 48.9 Å². The molecule has 1 saturated heterocycles. The van der Waals surface area contributed by atoms with Gasteiger partial charge in [0.2, 0.25) is 0 Å². The van der Waals surface area contributed by atoms with Gasteiger partial charge in [-0.25, -0.2) is 14.5 Å². The molecule has 1 aliphatic rings. The summed E-state index contributed by atoms with van der Waals surface area (Å²) < 4.78 is 3.61. The number of hydrogen-bond donors (Lipinski definition) is 2. The van der Waals surface area contributed by atoms with Crippen LogP contribution < -0.4 is 10.6 Å². The Bertz CT molecular complexity index is 1110. The maximum Gasteiger partial charge on any atom is 0.154 e. The molecule has 1 aliphatic heterocycles. The number of aryl methyl sites for hydroxylation is 1. The van der Waals surface area contributed by atoms with Gasteiger partial charge in [0, 0.05) is 31.4 Å². The summed E-state index contributed by atoms with van der Waals surface area (Å²) in [7, 11) is 1.90. The zero-order chi connectivity index (χ0) is 18.9. The highest BCUT2D eigenvalue weighted by Gasteiger charge is 2.15. The van der Waals surface area contributed by atoms with E-state index in [1.807, 2.05) is 60.5 Å². The van der Waals surface area contributed by atoms with E-state index in [9.17, 15) is 0 Å². The molecule has 0 spiro atoms. The normalized spacial score (nSPS) is 17.1. The first-order valence-electron chi connectivity index (χ1n) is 9.55. The van der Waals surface area contributed by atoms with Gasteiger partial charge < -0.3 is 10.6 Å². The molecule has 0 amide bonds. The summed E-state index contributed by atoms with van der Waals surface area (Å²) in [4.78, 5) is 9.30. The van der Waals surface area contributed by atoms with E-state index in [2.05, 4.69) is 20.7 Å². The van der Waals surface area contributed by atoms with Gasteiger partial charge in [-0.15, -0.1) is 0 Å². The highest BCUT2D eigenvalue weighted by molar-refractivity contribution is 5.64. The fourth-order valence-electron chi connectivity index (χ4n) is 3.60. The third kappa shape index (κ3) is 3.22. The van der Waals surface area contributed by atoms with Crippen LogP contribution in [0.4, 0.5) is 5.82 Å². The molecule has 8 heteroatoms. The van der Waals surface area contributed by atoms with Gasteiger partial charge in [0.1, 0.15) is 11.5 Å². The van der Waals surface area contributed by atoms with Gasteiger partial charge in [-0.3, -0.25) is 4.68 Å². The molecule has 5 rings (SSSR count). The number of aromatic nitrogens is 6. The summed E-state index contributed by atoms with van der Waals surface area (Å²) in [6, 6.07) is 10.4. The maximum absolute atomic E-state index is 4.81. The Morgan fingerprint density at radius 3 is 2.93 bits per heavy atom. The predicted molar refractivity (Wildman–Crippen MR) is 108 cm³/mol. The van der Waals surface area contributed by atoms with E-state index in [0.717, 1.165) is 53.6 Å². The summed E-state index contributed by atoms with van der Waals surface area (Å²) in [5, 5.41) is 16.0. The number of imidazole rings is 1. The van der Waals surface area contributed by atoms with E-state index in [0.29, 0.717) is 6.04 Å². The molecule has 28 heavy (non-hydrogen) atoms. The van der Waals surface area contributed by atoms with Crippen LogP contribution in [0.1, 0.15) is 12.8 Å². The van der Waals surface area contributed by atoms with Crippen molar-refractivity contribution in [3.63, 3.8) is 0 Å². The summed E-state index contributed by atoms with van der Waals surface area (Å²) in [6.07, 6.45) is 7.93. The Kier molecular flexibility index (Phi) is 4.25. The van der Waals surface area contributed by atoms with Gasteiger partial charge in [0.15, 0.2) is 5.65 Å². The van der Waals surface area contributed by atoms with Crippen LogP contribution in [0.2, 0.25) is 0 Å². The van der Waals surface area contributed by atoms with Crippen LogP contribution >= 0.6 is 0 Å². The lowest BCUT2D eigenvalue weighted by Gasteiger charge is -2.24. The fraction of sp³-hybridized carbons (Fsp3) is 0.300. The second kappa shape index (κ2) is 7.05. The minimum absolute atomic E-state index is 0.411. The molecule has 0 saturated carbocycles. The van der Waals surface area contributed by atoms with Crippen LogP contribution in [0.3, 0.4) is 0 Å². The minimum atomic E-state index is 0.411. The molecule has 1 atom stereocenters. The van der Waals surface area contributed by atoms with Gasteiger partial charge in [-0.2, -0.15) is 10.2 Å². The van der Waals surface area contributed by atoms with Crippen molar-refractivity contribution in [2.24, 2.45) is 7.05 Å². The number of nitrogens with one attached hydrogen (secondary N) is 2. The molecule has 0 unspecified atom stereocenters. The molecular weight excluding hydrogens is 352 g/mol. The highest BCUT2D eigenvalue weighted by Crippen LogP contribution is 2.23. The van der Waals surface area contributed by atoms with Crippen molar-refractivity contribution < 1.29 is 0 Å². The summed E-state index contributed by atoms with van der Waals surface area (Å²) in [5.41, 5.74) is 4.32. The number of nitrogens with zero attached hydrogens (tertiary/aromatic N) is 6. The third-order valence-electron chi connectivity index (χ3n) is 5.02. The van der Waals surface area contributed by atoms with E-state index < -0.39 is 0 Å². The summed E-state index contributed by atoms with van der Waals surface area (Å²) >= 11 is 0. The van der Waals surface area contributed by atoms with Crippen LogP contribution in [0.15, 0.2) is 48.9 Å². The molecule has 0 aliphatic carbocycles. The molecule has 4 aromatic rings. The van der Waals surface area contributed by atoms with Gasteiger partial charge >= 0.3 is 0 Å². The van der Waals surface area contributed by atoms with Crippen molar-refractivity contribution in [1.82, 2.24) is 34.7 Å². The Balaban J connectivity index is 1.49. The zero-order valence-electron chi connectivity index (χ0n) is 15.7. The monoisotopic (exact) mass is 374 g/mol. The molecule has 0 radical (unpaired) electrons. The number of pyridine rings is 1. The molecule has 8 nitrogen and oxygen atoms in total. The number of anilines is 1. The maximum atomic E-state index is 4.81. The van der Waals surface area contributed by atoms with E-state index in [-0.39, 0.29) is 0 Å². The van der Waals surface area contributed by atoms with Crippen LogP contribution in [-0.2, 0) is 7.05 Å². The Morgan fingerprint density at radius 2 is 2.11 bits per heavy atom. The Labute approximate surface area is 162 Å². The summed E-state index contributed by atoms with van der Waals surface area (Å²) in [6.45, 7) is 2.07. The van der Waals surface area contributed by atoms with E-state index in [1.54, 1.807) is 4.68 Å². The van der Waals surface area contributed by atoms with Crippen LogP contribution in [0, 0.1) is 0 Å². The van der Waals surface area contributed by atoms with Crippen molar-refractivity contribution in [2.75, 3.05) is 18.4 Å². The van der Waals surface area contributed by atoms with Crippen LogP contribution in [0.25, 0.3) is 28.3 Å². The number of rotatable bonds is 4. The van der Waals surface area contributed by atoms with Crippen molar-refractivity contribution >= 4 is 11.5 Å². The third-order valence-corrected chi connectivity index (χ3v) is 5.02. The van der Waals surface area contributed by atoms with Crippen molar-refractivity contribution in [3.8, 4) is 22.6 Å². The zero-order valence-corrected chi connectivity index (χ0v) is 15.7. The predicted octanol–water partition coefficient (Wildman–Crippen LogP) is 2.36. The molecule has 0 bridgehead atoms. The van der Waals surface area contributed by atoms with Crippen molar-refractivity contribution in [1.29, 1.82) is 0 Å². The lowest BCUT2D eigenvalue weighted by Crippen LogP contribution is -2.38. The van der Waals surface area contributed by atoms with Crippen LogP contribution in [-0.4, -0.2) is 48.5 Å². The molecule has 5 heterocycles. The largest absolute Gasteiger partial charge is 0.366 e. The SMILES string of the molecule is Cn1cc(-c2ccc3ncc(-c4cccc(N[C@@H]5CCCNC5)n4)n3n2)cn1. The Morgan fingerprint density at radius 1 is 1.14 bits per heavy atom. The second-order valence-electron chi connectivity index (χ2n) is 7.13. The van der Waals surface area contributed by atoms with Gasteiger partial charge in [-0.1, -0.05) is 6.07 Å². The summed E-state index contributed by atoms with van der Waals surface area (Å²) in [5.74, 6) is 0.879. The minimum Gasteiger partial charge on any atom is -0.366 e. The van der Waals surface area contributed by atoms with E-state index in [1.165, 1.54) is 6.42 Å². The number of piperidine rings is 1. The first kappa shape index (κ1) is 16.9. The van der Waals surface area contributed by atoms with E-state index in [4.69, 9.17) is 10.1 Å². The fourth-order valence-corrected chi connectivity index (χ4v) is 3.60. The number of hydrogen-bond acceptors (Lipinski definition) is 6. The highest BCUT2D eigenvalue weighted by atomic mass is 15.3. The average Bonchev–Trinajstić information content (AvgIpc) is 3.35. The smallest absolute Gasteiger partial charge is 0.154 e. The topological polar surface area (TPSA) is 85.0 Å². The second-order valence-corrected chi connectivity index (χ2v) is 7.13. The molecule has 2 N–H and O–H groups in total. The van der Waals surface area contributed by atoms with Gasteiger partial charge in [0.25, 0.3) is 0 Å². The molecule has 1 fully saturated rings. The molecular formula is C20H22N8. The van der Waals surface area contributed by atoms with Gasteiger partial charge in [0.05, 0.1) is 23.8 Å². The lowest BCUT2D eigenvalue weighted by atomic mass is 10.1. The van der Waals surface area contributed by atoms with Gasteiger partial charge in [-0.05, 0) is 43.7 Å². The molecule has 4 aromatic heterocycles. The standard InChI is InChI=1S/C20H22N8/c1-27-13-14(10-23-27)16-7-8-20-22-12-18(28(20)26-16)17-5-2-6-19(25-17)24-15-4-3-9-21-11-15/h2,5-8,10,12-13,15,21H,3-4,9,11H2,1H3,(H,24,25)/t15-/m1/s1. The Hall–Kier alpha value is -3.26. The number of fused-ring (bicyclic) bond motifs is 1. The quantitative estimate of drug-likeness (QED) is 0.570.